The topological polar surface area (TPSA) is 73.8 Å². The molecular formula is C17H29FN4O2S. The van der Waals surface area contributed by atoms with Crippen LogP contribution < -0.4 is 10.6 Å². The molecule has 25 heavy (non-hydrogen) atoms. The van der Waals surface area contributed by atoms with Gasteiger partial charge in [0.25, 0.3) is 0 Å². The van der Waals surface area contributed by atoms with E-state index in [0.29, 0.717) is 31.0 Å². The van der Waals surface area contributed by atoms with Crippen molar-refractivity contribution in [3.05, 3.63) is 35.1 Å². The molecule has 142 valence electrons. The highest BCUT2D eigenvalue weighted by molar-refractivity contribution is 7.89. The molecule has 0 bridgehead atoms. The maximum Gasteiger partial charge on any atom is 0.213 e. The number of halogens is 1. The molecule has 2 N–H and O–H groups in total. The zero-order valence-corrected chi connectivity index (χ0v) is 16.5. The van der Waals surface area contributed by atoms with E-state index in [0.717, 1.165) is 5.56 Å². The maximum absolute atomic E-state index is 13.7. The van der Waals surface area contributed by atoms with Gasteiger partial charge < -0.3 is 10.6 Å². The fourth-order valence-corrected chi connectivity index (χ4v) is 3.08. The van der Waals surface area contributed by atoms with E-state index in [2.05, 4.69) is 15.6 Å². The molecule has 0 aliphatic carbocycles. The number of hydrogen-bond acceptors (Lipinski definition) is 3. The smallest absolute Gasteiger partial charge is 0.213 e. The van der Waals surface area contributed by atoms with Gasteiger partial charge in [-0.3, -0.25) is 4.99 Å². The van der Waals surface area contributed by atoms with Gasteiger partial charge in [0.15, 0.2) is 5.96 Å². The van der Waals surface area contributed by atoms with Gasteiger partial charge in [-0.15, -0.1) is 0 Å². The van der Waals surface area contributed by atoms with E-state index in [1.165, 1.54) is 10.4 Å². The standard InChI is InChI=1S/C17H29FN4O2S/c1-6-25(23,24)22(5)11-7-10-20-17(19-4)21-14(3)15-9-8-13(2)16(18)12-15/h8-9,12,14H,6-7,10-11H2,1-5H3,(H2,19,20,21). The van der Waals surface area contributed by atoms with Crippen molar-refractivity contribution >= 4 is 16.0 Å². The number of rotatable bonds is 8. The van der Waals surface area contributed by atoms with Gasteiger partial charge in [-0.05, 0) is 44.4 Å². The number of aliphatic imine (C=N–C) groups is 1. The molecule has 1 atom stereocenters. The van der Waals surface area contributed by atoms with Gasteiger partial charge in [-0.1, -0.05) is 12.1 Å². The molecule has 0 fully saturated rings. The van der Waals surface area contributed by atoms with Gasteiger partial charge in [0.05, 0.1) is 11.8 Å². The molecule has 0 heterocycles. The fraction of sp³-hybridized carbons (Fsp3) is 0.588. The van der Waals surface area contributed by atoms with E-state index < -0.39 is 10.0 Å². The molecule has 0 spiro atoms. The lowest BCUT2D eigenvalue weighted by molar-refractivity contribution is 0.461. The number of hydrogen-bond donors (Lipinski definition) is 2. The Hall–Kier alpha value is -1.67. The molecule has 0 radical (unpaired) electrons. The summed E-state index contributed by atoms with van der Waals surface area (Å²) < 4.78 is 38.4. The van der Waals surface area contributed by atoms with Gasteiger partial charge in [0.2, 0.25) is 10.0 Å². The normalized spacial score (nSPS) is 13.8. The molecule has 1 rings (SSSR count). The molecule has 0 amide bonds. The van der Waals surface area contributed by atoms with Crippen LogP contribution in [0.2, 0.25) is 0 Å². The summed E-state index contributed by atoms with van der Waals surface area (Å²) in [6.07, 6.45) is 0.657. The molecule has 1 unspecified atom stereocenters. The van der Waals surface area contributed by atoms with Crippen LogP contribution in [-0.2, 0) is 10.0 Å². The SMILES string of the molecule is CCS(=O)(=O)N(C)CCCNC(=NC)NC(C)c1ccc(C)c(F)c1. The third-order valence-corrected chi connectivity index (χ3v) is 5.92. The highest BCUT2D eigenvalue weighted by Crippen LogP contribution is 2.16. The van der Waals surface area contributed by atoms with Gasteiger partial charge >= 0.3 is 0 Å². The summed E-state index contributed by atoms with van der Waals surface area (Å²) in [4.78, 5) is 4.14. The first-order valence-corrected chi connectivity index (χ1v) is 9.99. The molecule has 6 nitrogen and oxygen atoms in total. The predicted molar refractivity (Wildman–Crippen MR) is 101 cm³/mol. The van der Waals surface area contributed by atoms with Crippen LogP contribution in [0.5, 0.6) is 0 Å². The van der Waals surface area contributed by atoms with Crippen molar-refractivity contribution < 1.29 is 12.8 Å². The number of guanidine groups is 1. The molecule has 8 heteroatoms. The zero-order valence-electron chi connectivity index (χ0n) is 15.6. The first kappa shape index (κ1) is 21.4. The number of nitrogens with zero attached hydrogens (tertiary/aromatic N) is 2. The van der Waals surface area contributed by atoms with Crippen LogP contribution in [0.1, 0.15) is 37.4 Å². The Labute approximate surface area is 150 Å². The fourth-order valence-electron chi connectivity index (χ4n) is 2.23. The molecule has 0 aliphatic rings. The summed E-state index contributed by atoms with van der Waals surface area (Å²) >= 11 is 0. The summed E-state index contributed by atoms with van der Waals surface area (Å²) in [5, 5.41) is 6.34. The average molecular weight is 373 g/mol. The lowest BCUT2D eigenvalue weighted by atomic mass is 10.1. The Kier molecular flexibility index (Phi) is 8.31. The highest BCUT2D eigenvalue weighted by Gasteiger charge is 2.14. The van der Waals surface area contributed by atoms with E-state index in [1.54, 1.807) is 34.0 Å². The van der Waals surface area contributed by atoms with Crippen molar-refractivity contribution in [3.8, 4) is 0 Å². The van der Waals surface area contributed by atoms with Gasteiger partial charge in [0.1, 0.15) is 5.82 Å². The van der Waals surface area contributed by atoms with Crippen LogP contribution in [-0.4, -0.2) is 51.6 Å². The van der Waals surface area contributed by atoms with Crippen molar-refractivity contribution in [2.75, 3.05) is 32.9 Å². The highest BCUT2D eigenvalue weighted by atomic mass is 32.2. The Bertz CT molecular complexity index is 692. The summed E-state index contributed by atoms with van der Waals surface area (Å²) in [6.45, 7) is 6.31. The number of nitrogens with one attached hydrogen (secondary N) is 2. The Morgan fingerprint density at radius 3 is 2.64 bits per heavy atom. The second kappa shape index (κ2) is 9.72. The largest absolute Gasteiger partial charge is 0.356 e. The van der Waals surface area contributed by atoms with Crippen molar-refractivity contribution in [1.82, 2.24) is 14.9 Å². The van der Waals surface area contributed by atoms with Gasteiger partial charge in [-0.25, -0.2) is 17.1 Å². The average Bonchev–Trinajstić information content (AvgIpc) is 2.59. The number of benzene rings is 1. The minimum Gasteiger partial charge on any atom is -0.356 e. The van der Waals surface area contributed by atoms with Crippen LogP contribution in [0.25, 0.3) is 0 Å². The van der Waals surface area contributed by atoms with Crippen LogP contribution >= 0.6 is 0 Å². The first-order valence-electron chi connectivity index (χ1n) is 8.38. The lowest BCUT2D eigenvalue weighted by Crippen LogP contribution is -2.40. The first-order chi connectivity index (χ1) is 11.7. The van der Waals surface area contributed by atoms with E-state index in [-0.39, 0.29) is 17.6 Å². The molecule has 0 aromatic heterocycles. The van der Waals surface area contributed by atoms with E-state index in [1.807, 2.05) is 13.0 Å². The van der Waals surface area contributed by atoms with Crippen molar-refractivity contribution in [2.24, 2.45) is 4.99 Å². The molecular weight excluding hydrogens is 343 g/mol. The predicted octanol–water partition coefficient (Wildman–Crippen LogP) is 2.03. The van der Waals surface area contributed by atoms with Crippen LogP contribution in [0.4, 0.5) is 4.39 Å². The van der Waals surface area contributed by atoms with Gasteiger partial charge in [-0.2, -0.15) is 0 Å². The molecule has 0 saturated heterocycles. The van der Waals surface area contributed by atoms with Crippen LogP contribution in [0, 0.1) is 12.7 Å². The number of sulfonamides is 1. The quantitative estimate of drug-likeness (QED) is 0.416. The van der Waals surface area contributed by atoms with Gasteiger partial charge in [0, 0.05) is 27.2 Å². The van der Waals surface area contributed by atoms with Crippen LogP contribution in [0.3, 0.4) is 0 Å². The summed E-state index contributed by atoms with van der Waals surface area (Å²) in [7, 11) is 0.0985. The zero-order chi connectivity index (χ0) is 19.0. The molecule has 1 aromatic rings. The van der Waals surface area contributed by atoms with E-state index in [4.69, 9.17) is 0 Å². The molecule has 1 aromatic carbocycles. The third kappa shape index (κ3) is 6.62. The summed E-state index contributed by atoms with van der Waals surface area (Å²) in [6, 6.07) is 5.05. The Morgan fingerprint density at radius 2 is 2.08 bits per heavy atom. The summed E-state index contributed by atoms with van der Waals surface area (Å²) in [5.74, 6) is 0.467. The molecule has 0 saturated carbocycles. The van der Waals surface area contributed by atoms with E-state index in [9.17, 15) is 12.8 Å². The van der Waals surface area contributed by atoms with Crippen LogP contribution in [0.15, 0.2) is 23.2 Å². The van der Waals surface area contributed by atoms with Crippen molar-refractivity contribution in [3.63, 3.8) is 0 Å². The third-order valence-electron chi connectivity index (χ3n) is 4.05. The van der Waals surface area contributed by atoms with Crippen molar-refractivity contribution in [1.29, 1.82) is 0 Å². The number of aryl methyl sites for hydroxylation is 1. The lowest BCUT2D eigenvalue weighted by Gasteiger charge is -2.20. The monoisotopic (exact) mass is 372 g/mol. The minimum absolute atomic E-state index is 0.102. The Balaban J connectivity index is 2.48. The minimum atomic E-state index is -3.14. The van der Waals surface area contributed by atoms with Crippen molar-refractivity contribution in [2.45, 2.75) is 33.2 Å². The summed E-state index contributed by atoms with van der Waals surface area (Å²) in [5.41, 5.74) is 1.45. The molecule has 0 aliphatic heterocycles. The second-order valence-electron chi connectivity index (χ2n) is 5.95. The second-order valence-corrected chi connectivity index (χ2v) is 8.31. The Morgan fingerprint density at radius 1 is 1.40 bits per heavy atom. The maximum atomic E-state index is 13.7. The van der Waals surface area contributed by atoms with E-state index >= 15 is 0 Å².